The number of hydrogen-bond acceptors (Lipinski definition) is 6. The van der Waals surface area contributed by atoms with Crippen molar-refractivity contribution in [3.63, 3.8) is 0 Å². The van der Waals surface area contributed by atoms with Crippen molar-refractivity contribution in [2.75, 3.05) is 32.1 Å². The van der Waals surface area contributed by atoms with Crippen LogP contribution in [0.1, 0.15) is 12.8 Å². The van der Waals surface area contributed by atoms with Crippen LogP contribution in [0.2, 0.25) is 5.02 Å². The fourth-order valence-corrected chi connectivity index (χ4v) is 5.25. The molecule has 1 spiro atoms. The summed E-state index contributed by atoms with van der Waals surface area (Å²) in [7, 11) is 0. The van der Waals surface area contributed by atoms with E-state index < -0.39 is 5.79 Å². The molecular formula is C23H22ClN3O4S. The quantitative estimate of drug-likeness (QED) is 0.428. The van der Waals surface area contributed by atoms with E-state index in [1.165, 1.54) is 16.3 Å². The SMILES string of the molecule is O=C(CSc1nc2ccccc2c(=O)n1-c1cccc(Cl)c1)N1CCC2(CC1)OCCO2. The lowest BCUT2D eigenvalue weighted by Crippen LogP contribution is -2.47. The number of hydrogen-bond donors (Lipinski definition) is 0. The molecule has 3 aromatic rings. The highest BCUT2D eigenvalue weighted by Crippen LogP contribution is 2.32. The van der Waals surface area contributed by atoms with Crippen LogP contribution in [0.15, 0.2) is 58.5 Å². The number of carbonyl (C=O) groups excluding carboxylic acids is 1. The highest BCUT2D eigenvalue weighted by molar-refractivity contribution is 7.99. The number of rotatable bonds is 4. The first kappa shape index (κ1) is 21.5. The van der Waals surface area contributed by atoms with Gasteiger partial charge in [-0.15, -0.1) is 0 Å². The molecule has 2 aliphatic rings. The summed E-state index contributed by atoms with van der Waals surface area (Å²) in [4.78, 5) is 32.7. The molecule has 5 rings (SSSR count). The molecule has 7 nitrogen and oxygen atoms in total. The fraction of sp³-hybridized carbons (Fsp3) is 0.348. The van der Waals surface area contributed by atoms with Crippen LogP contribution in [0.3, 0.4) is 0 Å². The number of carbonyl (C=O) groups is 1. The van der Waals surface area contributed by atoms with Crippen LogP contribution in [0.25, 0.3) is 16.6 Å². The zero-order chi connectivity index (χ0) is 22.1. The van der Waals surface area contributed by atoms with Crippen LogP contribution in [-0.2, 0) is 14.3 Å². The largest absolute Gasteiger partial charge is 0.347 e. The van der Waals surface area contributed by atoms with Crippen molar-refractivity contribution in [1.82, 2.24) is 14.5 Å². The van der Waals surface area contributed by atoms with Gasteiger partial charge < -0.3 is 14.4 Å². The monoisotopic (exact) mass is 471 g/mol. The topological polar surface area (TPSA) is 73.7 Å². The summed E-state index contributed by atoms with van der Waals surface area (Å²) < 4.78 is 13.0. The number of halogens is 1. The van der Waals surface area contributed by atoms with Gasteiger partial charge in [-0.05, 0) is 30.3 Å². The molecule has 32 heavy (non-hydrogen) atoms. The molecule has 0 bridgehead atoms. The van der Waals surface area contributed by atoms with Gasteiger partial charge in [0.15, 0.2) is 10.9 Å². The Balaban J connectivity index is 1.39. The molecule has 3 heterocycles. The summed E-state index contributed by atoms with van der Waals surface area (Å²) in [6.45, 7) is 2.40. The Bertz CT molecular complexity index is 1220. The van der Waals surface area contributed by atoms with Gasteiger partial charge in [-0.3, -0.25) is 14.2 Å². The second kappa shape index (κ2) is 8.86. The van der Waals surface area contributed by atoms with Crippen molar-refractivity contribution in [2.45, 2.75) is 23.8 Å². The number of ether oxygens (including phenoxy) is 2. The molecule has 2 fully saturated rings. The lowest BCUT2D eigenvalue weighted by molar-refractivity contribution is -0.186. The molecule has 1 aromatic heterocycles. The maximum absolute atomic E-state index is 13.3. The van der Waals surface area contributed by atoms with Gasteiger partial charge in [0.05, 0.1) is 35.6 Å². The molecule has 0 radical (unpaired) electrons. The van der Waals surface area contributed by atoms with Gasteiger partial charge in [0.25, 0.3) is 5.56 Å². The van der Waals surface area contributed by atoms with Crippen LogP contribution in [0.5, 0.6) is 0 Å². The van der Waals surface area contributed by atoms with Crippen LogP contribution >= 0.6 is 23.4 Å². The van der Waals surface area contributed by atoms with Gasteiger partial charge in [-0.25, -0.2) is 4.98 Å². The second-order valence-corrected chi connectivity index (χ2v) is 9.19. The van der Waals surface area contributed by atoms with Crippen LogP contribution < -0.4 is 5.56 Å². The Labute approximate surface area is 194 Å². The number of likely N-dealkylation sites (tertiary alicyclic amines) is 1. The van der Waals surface area contributed by atoms with Crippen molar-refractivity contribution in [1.29, 1.82) is 0 Å². The molecule has 0 aliphatic carbocycles. The van der Waals surface area contributed by atoms with E-state index in [0.717, 1.165) is 0 Å². The maximum Gasteiger partial charge on any atom is 0.266 e. The normalized spacial score (nSPS) is 17.8. The number of benzene rings is 2. The van der Waals surface area contributed by atoms with Gasteiger partial charge in [-0.2, -0.15) is 0 Å². The third-order valence-corrected chi connectivity index (χ3v) is 6.99. The maximum atomic E-state index is 13.3. The summed E-state index contributed by atoms with van der Waals surface area (Å²) in [5, 5.41) is 1.49. The third kappa shape index (κ3) is 4.15. The lowest BCUT2D eigenvalue weighted by Gasteiger charge is -2.37. The Morgan fingerprint density at radius 1 is 1.09 bits per heavy atom. The van der Waals surface area contributed by atoms with E-state index in [-0.39, 0.29) is 17.2 Å². The zero-order valence-electron chi connectivity index (χ0n) is 17.3. The van der Waals surface area contributed by atoms with Crippen LogP contribution in [0.4, 0.5) is 0 Å². The number of para-hydroxylation sites is 1. The molecule has 0 unspecified atom stereocenters. The van der Waals surface area contributed by atoms with E-state index in [4.69, 9.17) is 21.1 Å². The minimum atomic E-state index is -0.517. The summed E-state index contributed by atoms with van der Waals surface area (Å²) in [6, 6.07) is 14.3. The Morgan fingerprint density at radius 2 is 1.84 bits per heavy atom. The predicted molar refractivity (Wildman–Crippen MR) is 124 cm³/mol. The molecule has 2 saturated heterocycles. The first-order chi connectivity index (χ1) is 15.5. The van der Waals surface area contributed by atoms with Crippen molar-refractivity contribution < 1.29 is 14.3 Å². The van der Waals surface area contributed by atoms with Gasteiger partial charge in [0, 0.05) is 31.0 Å². The smallest absolute Gasteiger partial charge is 0.266 e. The van der Waals surface area contributed by atoms with Gasteiger partial charge in [0.1, 0.15) is 0 Å². The van der Waals surface area contributed by atoms with Crippen molar-refractivity contribution in [3.05, 3.63) is 63.9 Å². The molecule has 0 saturated carbocycles. The molecule has 2 aromatic carbocycles. The number of amides is 1. The lowest BCUT2D eigenvalue weighted by atomic mass is 10.0. The van der Waals surface area contributed by atoms with E-state index >= 15 is 0 Å². The van der Waals surface area contributed by atoms with E-state index in [1.807, 2.05) is 17.0 Å². The average molecular weight is 472 g/mol. The minimum absolute atomic E-state index is 0.00268. The molecule has 2 aliphatic heterocycles. The van der Waals surface area contributed by atoms with Crippen LogP contribution in [0, 0.1) is 0 Å². The Hall–Kier alpha value is -2.39. The van der Waals surface area contributed by atoms with Crippen molar-refractivity contribution in [3.8, 4) is 5.69 Å². The number of aromatic nitrogens is 2. The summed E-state index contributed by atoms with van der Waals surface area (Å²) in [5.74, 6) is -0.334. The standard InChI is InChI=1S/C23H22ClN3O4S/c24-16-4-3-5-17(14-16)27-21(29)18-6-1-2-7-19(18)25-22(27)32-15-20(28)26-10-8-23(9-11-26)30-12-13-31-23/h1-7,14H,8-13,15H2. The van der Waals surface area contributed by atoms with Gasteiger partial charge in [0.2, 0.25) is 5.91 Å². The number of piperidine rings is 1. The van der Waals surface area contributed by atoms with Crippen molar-refractivity contribution >= 4 is 40.2 Å². The third-order valence-electron chi connectivity index (χ3n) is 5.83. The fourth-order valence-electron chi connectivity index (χ4n) is 4.15. The molecule has 0 N–H and O–H groups in total. The van der Waals surface area contributed by atoms with Crippen LogP contribution in [-0.4, -0.2) is 58.2 Å². The summed E-state index contributed by atoms with van der Waals surface area (Å²) in [6.07, 6.45) is 1.34. The molecule has 166 valence electrons. The minimum Gasteiger partial charge on any atom is -0.347 e. The highest BCUT2D eigenvalue weighted by Gasteiger charge is 2.40. The number of nitrogens with zero attached hydrogens (tertiary/aromatic N) is 3. The first-order valence-electron chi connectivity index (χ1n) is 10.5. The highest BCUT2D eigenvalue weighted by atomic mass is 35.5. The Kier molecular flexibility index (Phi) is 5.94. The van der Waals surface area contributed by atoms with Crippen molar-refractivity contribution in [2.24, 2.45) is 0 Å². The zero-order valence-corrected chi connectivity index (χ0v) is 18.9. The average Bonchev–Trinajstić information content (AvgIpc) is 3.26. The summed E-state index contributed by atoms with van der Waals surface area (Å²) >= 11 is 7.43. The molecule has 0 atom stereocenters. The number of fused-ring (bicyclic) bond motifs is 1. The molecule has 9 heteroatoms. The first-order valence-corrected chi connectivity index (χ1v) is 11.9. The van der Waals surface area contributed by atoms with E-state index in [1.54, 1.807) is 36.4 Å². The second-order valence-electron chi connectivity index (χ2n) is 7.81. The predicted octanol–water partition coefficient (Wildman–Crippen LogP) is 3.50. The van der Waals surface area contributed by atoms with E-state index in [2.05, 4.69) is 4.98 Å². The molecule has 1 amide bonds. The van der Waals surface area contributed by atoms with Gasteiger partial charge in [-0.1, -0.05) is 41.6 Å². The Morgan fingerprint density at radius 3 is 2.59 bits per heavy atom. The van der Waals surface area contributed by atoms with E-state index in [9.17, 15) is 9.59 Å². The van der Waals surface area contributed by atoms with Gasteiger partial charge >= 0.3 is 0 Å². The van der Waals surface area contributed by atoms with E-state index in [0.29, 0.717) is 65.9 Å². The molecular weight excluding hydrogens is 450 g/mol. The number of thioether (sulfide) groups is 1. The summed E-state index contributed by atoms with van der Waals surface area (Å²) in [5.41, 5.74) is 1.02.